The molecule has 7 heteroatoms. The fourth-order valence-electron chi connectivity index (χ4n) is 1.11. The van der Waals surface area contributed by atoms with Gasteiger partial charge in [0, 0.05) is 11.0 Å². The van der Waals surface area contributed by atoms with E-state index in [2.05, 4.69) is 4.74 Å². The normalized spacial score (nSPS) is 12.9. The van der Waals surface area contributed by atoms with Crippen LogP contribution in [0.4, 0.5) is 13.2 Å². The number of rotatable bonds is 4. The van der Waals surface area contributed by atoms with Gasteiger partial charge in [0.15, 0.2) is 9.84 Å². The van der Waals surface area contributed by atoms with E-state index >= 15 is 0 Å². The van der Waals surface area contributed by atoms with Crippen molar-refractivity contribution in [2.24, 2.45) is 0 Å². The summed E-state index contributed by atoms with van der Waals surface area (Å²) in [6, 6.07) is 5.31. The number of para-hydroxylation sites is 1. The number of sulfone groups is 1. The van der Waals surface area contributed by atoms with Gasteiger partial charge >= 0.3 is 6.36 Å². The smallest absolute Gasteiger partial charge is 0.405 e. The lowest BCUT2D eigenvalue weighted by atomic mass is 10.2. The first-order valence-electron chi connectivity index (χ1n) is 4.99. The molecule has 1 aromatic rings. The van der Waals surface area contributed by atoms with Gasteiger partial charge in [0.2, 0.25) is 0 Å². The van der Waals surface area contributed by atoms with Gasteiger partial charge in [0.1, 0.15) is 5.75 Å². The van der Waals surface area contributed by atoms with Crippen molar-refractivity contribution in [2.45, 2.75) is 13.3 Å². The van der Waals surface area contributed by atoms with E-state index in [-0.39, 0.29) is 11.3 Å². The van der Waals surface area contributed by atoms with E-state index in [4.69, 9.17) is 0 Å². The molecule has 0 spiro atoms. The number of hydrogen-bond donors (Lipinski definition) is 0. The van der Waals surface area contributed by atoms with Crippen molar-refractivity contribution in [1.29, 1.82) is 0 Å². The number of hydrogen-bond acceptors (Lipinski definition) is 3. The quantitative estimate of drug-likeness (QED) is 0.851. The molecule has 100 valence electrons. The van der Waals surface area contributed by atoms with Crippen LogP contribution in [0, 0.1) is 0 Å². The van der Waals surface area contributed by atoms with Gasteiger partial charge in [-0.1, -0.05) is 25.1 Å². The first-order chi connectivity index (χ1) is 8.23. The zero-order valence-electron chi connectivity index (χ0n) is 9.44. The van der Waals surface area contributed by atoms with Gasteiger partial charge in [-0.25, -0.2) is 8.42 Å². The van der Waals surface area contributed by atoms with Gasteiger partial charge in [-0.2, -0.15) is 0 Å². The van der Waals surface area contributed by atoms with Crippen molar-refractivity contribution < 1.29 is 26.3 Å². The molecular formula is C11H11F3O3S. The maximum atomic E-state index is 12.1. The minimum atomic E-state index is -4.81. The highest BCUT2D eigenvalue weighted by atomic mass is 32.2. The lowest BCUT2D eigenvalue weighted by molar-refractivity contribution is -0.274. The average molecular weight is 280 g/mol. The van der Waals surface area contributed by atoms with Crippen LogP contribution in [-0.4, -0.2) is 20.5 Å². The Hall–Kier alpha value is -1.50. The Morgan fingerprint density at radius 1 is 1.28 bits per heavy atom. The summed E-state index contributed by atoms with van der Waals surface area (Å²) in [5, 5.41) is 0.867. The molecule has 0 aliphatic rings. The Balaban J connectivity index is 3.04. The molecule has 0 aliphatic carbocycles. The fourth-order valence-corrected chi connectivity index (χ4v) is 1.66. The van der Waals surface area contributed by atoms with Crippen molar-refractivity contribution in [1.82, 2.24) is 0 Å². The second kappa shape index (κ2) is 5.43. The molecule has 1 rings (SSSR count). The fraction of sp³-hybridized carbons (Fsp3) is 0.273. The Morgan fingerprint density at radius 2 is 1.89 bits per heavy atom. The highest BCUT2D eigenvalue weighted by molar-refractivity contribution is 7.94. The lowest BCUT2D eigenvalue weighted by Crippen LogP contribution is -2.17. The minimum absolute atomic E-state index is 0.0480. The van der Waals surface area contributed by atoms with E-state index in [1.54, 1.807) is 0 Å². The van der Waals surface area contributed by atoms with Gasteiger partial charge in [-0.15, -0.1) is 13.2 Å². The van der Waals surface area contributed by atoms with E-state index in [9.17, 15) is 21.6 Å². The Kier molecular flexibility index (Phi) is 4.39. The number of halogens is 3. The second-order valence-corrected chi connectivity index (χ2v) is 5.52. The SMILES string of the molecule is CCS(=O)(=O)C=Cc1ccccc1OC(F)(F)F. The molecule has 0 aromatic heterocycles. The Morgan fingerprint density at radius 3 is 2.44 bits per heavy atom. The summed E-state index contributed by atoms with van der Waals surface area (Å²) in [4.78, 5) is 0. The van der Waals surface area contributed by atoms with Crippen molar-refractivity contribution in [2.75, 3.05) is 5.75 Å². The third-order valence-corrected chi connectivity index (χ3v) is 3.36. The van der Waals surface area contributed by atoms with E-state index < -0.39 is 21.9 Å². The van der Waals surface area contributed by atoms with Crippen LogP contribution in [0.3, 0.4) is 0 Å². The molecule has 18 heavy (non-hydrogen) atoms. The molecule has 0 saturated heterocycles. The minimum Gasteiger partial charge on any atom is -0.405 e. The topological polar surface area (TPSA) is 43.4 Å². The van der Waals surface area contributed by atoms with Gasteiger partial charge in [-0.3, -0.25) is 0 Å². The molecule has 1 aromatic carbocycles. The summed E-state index contributed by atoms with van der Waals surface area (Å²) in [7, 11) is -3.40. The molecule has 0 N–H and O–H groups in total. The molecular weight excluding hydrogens is 269 g/mol. The molecule has 0 unspecified atom stereocenters. The van der Waals surface area contributed by atoms with E-state index in [0.717, 1.165) is 17.6 Å². The third kappa shape index (κ3) is 4.79. The van der Waals surface area contributed by atoms with E-state index in [1.165, 1.54) is 25.1 Å². The summed E-state index contributed by atoms with van der Waals surface area (Å²) < 4.78 is 62.5. The molecule has 0 saturated carbocycles. The van der Waals surface area contributed by atoms with E-state index in [1.807, 2.05) is 0 Å². The predicted molar refractivity (Wildman–Crippen MR) is 61.6 cm³/mol. The molecule has 0 fully saturated rings. The van der Waals surface area contributed by atoms with Crippen LogP contribution in [0.15, 0.2) is 29.7 Å². The van der Waals surface area contributed by atoms with Gasteiger partial charge in [0.25, 0.3) is 0 Å². The molecule has 0 heterocycles. The van der Waals surface area contributed by atoms with Gasteiger partial charge < -0.3 is 4.74 Å². The maximum Gasteiger partial charge on any atom is 0.573 e. The van der Waals surface area contributed by atoms with Crippen LogP contribution in [0.5, 0.6) is 5.75 Å². The summed E-state index contributed by atoms with van der Waals surface area (Å²) in [6.07, 6.45) is -3.73. The van der Waals surface area contributed by atoms with Crippen LogP contribution in [0.2, 0.25) is 0 Å². The van der Waals surface area contributed by atoms with Crippen molar-refractivity contribution >= 4 is 15.9 Å². The zero-order chi connectivity index (χ0) is 13.8. The van der Waals surface area contributed by atoms with Crippen molar-refractivity contribution in [3.05, 3.63) is 35.2 Å². The maximum absolute atomic E-state index is 12.1. The summed E-state index contributed by atoms with van der Waals surface area (Å²) in [6.45, 7) is 1.44. The predicted octanol–water partition coefficient (Wildman–Crippen LogP) is 2.99. The Bertz CT molecular complexity index is 533. The first kappa shape index (κ1) is 14.6. The largest absolute Gasteiger partial charge is 0.573 e. The summed E-state index contributed by atoms with van der Waals surface area (Å²) in [5.41, 5.74) is 0.0480. The lowest BCUT2D eigenvalue weighted by Gasteiger charge is -2.10. The third-order valence-electron chi connectivity index (χ3n) is 2.00. The van der Waals surface area contributed by atoms with Crippen LogP contribution >= 0.6 is 0 Å². The van der Waals surface area contributed by atoms with Crippen LogP contribution in [-0.2, 0) is 9.84 Å². The average Bonchev–Trinajstić information content (AvgIpc) is 2.26. The van der Waals surface area contributed by atoms with Crippen LogP contribution < -0.4 is 4.74 Å². The van der Waals surface area contributed by atoms with Crippen LogP contribution in [0.25, 0.3) is 6.08 Å². The van der Waals surface area contributed by atoms with Gasteiger partial charge in [0.05, 0.1) is 5.75 Å². The monoisotopic (exact) mass is 280 g/mol. The van der Waals surface area contributed by atoms with Crippen LogP contribution in [0.1, 0.15) is 12.5 Å². The molecule has 0 radical (unpaired) electrons. The van der Waals surface area contributed by atoms with Crippen molar-refractivity contribution in [3.63, 3.8) is 0 Å². The summed E-state index contributed by atoms with van der Waals surface area (Å²) >= 11 is 0. The molecule has 3 nitrogen and oxygen atoms in total. The first-order valence-corrected chi connectivity index (χ1v) is 6.70. The van der Waals surface area contributed by atoms with Gasteiger partial charge in [-0.05, 0) is 12.1 Å². The second-order valence-electron chi connectivity index (χ2n) is 3.34. The van der Waals surface area contributed by atoms with E-state index in [0.29, 0.717) is 0 Å². The van der Waals surface area contributed by atoms with Crippen molar-refractivity contribution in [3.8, 4) is 5.75 Å². The summed E-state index contributed by atoms with van der Waals surface area (Å²) in [5.74, 6) is -0.557. The molecule has 0 bridgehead atoms. The number of ether oxygens (including phenoxy) is 1. The highest BCUT2D eigenvalue weighted by Crippen LogP contribution is 2.27. The molecule has 0 amide bonds. The standard InChI is InChI=1S/C11H11F3O3S/c1-2-18(15,16)8-7-9-5-3-4-6-10(9)17-11(12,13)14/h3-8H,2H2,1H3. The number of benzene rings is 1. The Labute approximate surface area is 103 Å². The molecule has 0 aliphatic heterocycles. The zero-order valence-corrected chi connectivity index (χ0v) is 10.3. The molecule has 0 atom stereocenters. The number of alkyl halides is 3. The highest BCUT2D eigenvalue weighted by Gasteiger charge is 2.31.